The standard InChI is InChI=1S/C12H15N3O/c1-2-3-4-12(16)14-10-5-6-11-9(7-10)8-13-15-11/h5-8H,2-4H2,1H3,(H,13,15)(H,14,16). The number of H-pyrrole nitrogens is 1. The number of nitrogens with one attached hydrogen (secondary N) is 2. The van der Waals surface area contributed by atoms with E-state index in [1.54, 1.807) is 6.20 Å². The van der Waals surface area contributed by atoms with Crippen molar-refractivity contribution >= 4 is 22.5 Å². The molecule has 0 aliphatic carbocycles. The summed E-state index contributed by atoms with van der Waals surface area (Å²) in [6.07, 6.45) is 4.30. The molecule has 2 rings (SSSR count). The molecule has 0 saturated carbocycles. The van der Waals surface area contributed by atoms with Crippen LogP contribution < -0.4 is 5.32 Å². The van der Waals surface area contributed by atoms with Gasteiger partial charge in [-0.3, -0.25) is 9.89 Å². The maximum Gasteiger partial charge on any atom is 0.224 e. The van der Waals surface area contributed by atoms with Crippen LogP contribution in [0.1, 0.15) is 26.2 Å². The second kappa shape index (κ2) is 4.79. The Kier molecular flexibility index (Phi) is 3.19. The number of rotatable bonds is 4. The van der Waals surface area contributed by atoms with E-state index in [2.05, 4.69) is 22.4 Å². The van der Waals surface area contributed by atoms with Gasteiger partial charge in [0.2, 0.25) is 5.91 Å². The van der Waals surface area contributed by atoms with Crippen LogP contribution in [0.5, 0.6) is 0 Å². The van der Waals surface area contributed by atoms with Gasteiger partial charge in [-0.1, -0.05) is 13.3 Å². The Hall–Kier alpha value is -1.84. The highest BCUT2D eigenvalue weighted by Gasteiger charge is 2.02. The Morgan fingerprint density at radius 1 is 1.50 bits per heavy atom. The summed E-state index contributed by atoms with van der Waals surface area (Å²) in [6, 6.07) is 5.71. The van der Waals surface area contributed by atoms with Crippen LogP contribution in [0.25, 0.3) is 10.9 Å². The average Bonchev–Trinajstić information content (AvgIpc) is 2.73. The monoisotopic (exact) mass is 217 g/mol. The molecule has 1 aromatic carbocycles. The first-order valence-corrected chi connectivity index (χ1v) is 5.52. The number of fused-ring (bicyclic) bond motifs is 1. The molecule has 0 unspecified atom stereocenters. The van der Waals surface area contributed by atoms with Crippen molar-refractivity contribution in [3.8, 4) is 0 Å². The molecule has 0 radical (unpaired) electrons. The molecule has 2 aromatic rings. The van der Waals surface area contributed by atoms with Gasteiger partial charge < -0.3 is 5.32 Å². The molecule has 0 atom stereocenters. The Labute approximate surface area is 94.0 Å². The third-order valence-corrected chi connectivity index (χ3v) is 2.48. The predicted molar refractivity (Wildman–Crippen MR) is 64.2 cm³/mol. The summed E-state index contributed by atoms with van der Waals surface area (Å²) < 4.78 is 0. The van der Waals surface area contributed by atoms with Crippen LogP contribution in [0.4, 0.5) is 5.69 Å². The van der Waals surface area contributed by atoms with Crippen LogP contribution >= 0.6 is 0 Å². The molecule has 1 heterocycles. The number of carbonyl (C=O) groups excluding carboxylic acids is 1. The summed E-state index contributed by atoms with van der Waals surface area (Å²) in [6.45, 7) is 2.07. The zero-order chi connectivity index (χ0) is 11.4. The van der Waals surface area contributed by atoms with E-state index in [0.29, 0.717) is 6.42 Å². The molecule has 0 saturated heterocycles. The molecule has 2 N–H and O–H groups in total. The summed E-state index contributed by atoms with van der Waals surface area (Å²) in [5, 5.41) is 10.7. The van der Waals surface area contributed by atoms with Crippen LogP contribution in [0, 0.1) is 0 Å². The first-order valence-electron chi connectivity index (χ1n) is 5.52. The molecule has 1 amide bonds. The molecule has 16 heavy (non-hydrogen) atoms. The molecule has 0 fully saturated rings. The number of nitrogens with zero attached hydrogens (tertiary/aromatic N) is 1. The second-order valence-electron chi connectivity index (χ2n) is 3.82. The van der Waals surface area contributed by atoms with Gasteiger partial charge in [0.15, 0.2) is 0 Å². The van der Waals surface area contributed by atoms with E-state index in [0.717, 1.165) is 29.4 Å². The molecule has 0 bridgehead atoms. The first-order chi connectivity index (χ1) is 7.79. The van der Waals surface area contributed by atoms with Crippen molar-refractivity contribution in [3.05, 3.63) is 24.4 Å². The first kappa shape index (κ1) is 10.7. The summed E-state index contributed by atoms with van der Waals surface area (Å²) in [5.41, 5.74) is 1.81. The fraction of sp³-hybridized carbons (Fsp3) is 0.333. The van der Waals surface area contributed by atoms with Crippen LogP contribution in [-0.2, 0) is 4.79 Å². The minimum absolute atomic E-state index is 0.0738. The highest BCUT2D eigenvalue weighted by atomic mass is 16.1. The molecule has 4 heteroatoms. The topological polar surface area (TPSA) is 57.8 Å². The third kappa shape index (κ3) is 2.39. The average molecular weight is 217 g/mol. The second-order valence-corrected chi connectivity index (χ2v) is 3.82. The largest absolute Gasteiger partial charge is 0.326 e. The third-order valence-electron chi connectivity index (χ3n) is 2.48. The van der Waals surface area contributed by atoms with Crippen LogP contribution in [0.15, 0.2) is 24.4 Å². The lowest BCUT2D eigenvalue weighted by Gasteiger charge is -2.04. The summed E-state index contributed by atoms with van der Waals surface area (Å²) in [5.74, 6) is 0.0738. The Bertz CT molecular complexity index is 490. The maximum atomic E-state index is 11.5. The zero-order valence-corrected chi connectivity index (χ0v) is 9.29. The fourth-order valence-electron chi connectivity index (χ4n) is 1.58. The van der Waals surface area contributed by atoms with Crippen molar-refractivity contribution in [2.24, 2.45) is 0 Å². The number of aromatic amines is 1. The van der Waals surface area contributed by atoms with Crippen LogP contribution in [0.2, 0.25) is 0 Å². The molecule has 0 aliphatic heterocycles. The van der Waals surface area contributed by atoms with Crippen molar-refractivity contribution < 1.29 is 4.79 Å². The summed E-state index contributed by atoms with van der Waals surface area (Å²) >= 11 is 0. The molecule has 1 aromatic heterocycles. The minimum atomic E-state index is 0.0738. The SMILES string of the molecule is CCCCC(=O)Nc1ccc2[nH]ncc2c1. The number of unbranched alkanes of at least 4 members (excludes halogenated alkanes) is 1. The van der Waals surface area contributed by atoms with E-state index < -0.39 is 0 Å². The number of anilines is 1. The Balaban J connectivity index is 2.06. The van der Waals surface area contributed by atoms with E-state index in [1.807, 2.05) is 18.2 Å². The number of amides is 1. The normalized spacial score (nSPS) is 10.6. The van der Waals surface area contributed by atoms with E-state index >= 15 is 0 Å². The van der Waals surface area contributed by atoms with Gasteiger partial charge in [-0.2, -0.15) is 5.10 Å². The lowest BCUT2D eigenvalue weighted by atomic mass is 10.2. The van der Waals surface area contributed by atoms with Gasteiger partial charge in [-0.15, -0.1) is 0 Å². The number of carbonyl (C=O) groups is 1. The van der Waals surface area contributed by atoms with Crippen molar-refractivity contribution in [3.63, 3.8) is 0 Å². The van der Waals surface area contributed by atoms with Gasteiger partial charge in [0.25, 0.3) is 0 Å². The highest BCUT2D eigenvalue weighted by molar-refractivity contribution is 5.93. The lowest BCUT2D eigenvalue weighted by Crippen LogP contribution is -2.10. The predicted octanol–water partition coefficient (Wildman–Crippen LogP) is 2.69. The zero-order valence-electron chi connectivity index (χ0n) is 9.29. The summed E-state index contributed by atoms with van der Waals surface area (Å²) in [7, 11) is 0. The van der Waals surface area contributed by atoms with Crippen LogP contribution in [0.3, 0.4) is 0 Å². The quantitative estimate of drug-likeness (QED) is 0.827. The Morgan fingerprint density at radius 3 is 3.19 bits per heavy atom. The maximum absolute atomic E-state index is 11.5. The number of hydrogen-bond donors (Lipinski definition) is 2. The van der Waals surface area contributed by atoms with Crippen molar-refractivity contribution in [1.82, 2.24) is 10.2 Å². The summed E-state index contributed by atoms with van der Waals surface area (Å²) in [4.78, 5) is 11.5. The number of hydrogen-bond acceptors (Lipinski definition) is 2. The van der Waals surface area contributed by atoms with Crippen molar-refractivity contribution in [1.29, 1.82) is 0 Å². The van der Waals surface area contributed by atoms with Gasteiger partial charge in [-0.05, 0) is 24.6 Å². The van der Waals surface area contributed by atoms with Gasteiger partial charge in [0, 0.05) is 17.5 Å². The van der Waals surface area contributed by atoms with Gasteiger partial charge in [-0.25, -0.2) is 0 Å². The van der Waals surface area contributed by atoms with E-state index in [-0.39, 0.29) is 5.91 Å². The highest BCUT2D eigenvalue weighted by Crippen LogP contribution is 2.16. The minimum Gasteiger partial charge on any atom is -0.326 e. The molecule has 0 spiro atoms. The molecule has 0 aliphatic rings. The Morgan fingerprint density at radius 2 is 2.38 bits per heavy atom. The lowest BCUT2D eigenvalue weighted by molar-refractivity contribution is -0.116. The van der Waals surface area contributed by atoms with E-state index in [9.17, 15) is 4.79 Å². The van der Waals surface area contributed by atoms with Gasteiger partial charge in [0.05, 0.1) is 11.7 Å². The molecular formula is C12H15N3O. The number of aromatic nitrogens is 2. The van der Waals surface area contributed by atoms with Crippen molar-refractivity contribution in [2.75, 3.05) is 5.32 Å². The number of benzene rings is 1. The van der Waals surface area contributed by atoms with Crippen molar-refractivity contribution in [2.45, 2.75) is 26.2 Å². The van der Waals surface area contributed by atoms with Gasteiger partial charge in [0.1, 0.15) is 0 Å². The van der Waals surface area contributed by atoms with Gasteiger partial charge >= 0.3 is 0 Å². The molecular weight excluding hydrogens is 202 g/mol. The van der Waals surface area contributed by atoms with E-state index in [4.69, 9.17) is 0 Å². The fourth-order valence-corrected chi connectivity index (χ4v) is 1.58. The smallest absolute Gasteiger partial charge is 0.224 e. The molecule has 84 valence electrons. The van der Waals surface area contributed by atoms with E-state index in [1.165, 1.54) is 0 Å². The van der Waals surface area contributed by atoms with Crippen LogP contribution in [-0.4, -0.2) is 16.1 Å². The molecule has 4 nitrogen and oxygen atoms in total.